The van der Waals surface area contributed by atoms with Gasteiger partial charge in [0.2, 0.25) is 10.0 Å². The fourth-order valence-corrected chi connectivity index (χ4v) is 3.61. The lowest BCUT2D eigenvalue weighted by Crippen LogP contribution is -2.17. The second-order valence-corrected chi connectivity index (χ2v) is 7.26. The Kier molecular flexibility index (Phi) is 5.62. The molecule has 0 fully saturated rings. The van der Waals surface area contributed by atoms with Gasteiger partial charge in [0.05, 0.1) is 23.6 Å². The average molecular weight is 347 g/mol. The highest BCUT2D eigenvalue weighted by atomic mass is 32.2. The van der Waals surface area contributed by atoms with Gasteiger partial charge in [-0.1, -0.05) is 30.3 Å². The number of nitrogens with one attached hydrogen (secondary N) is 1. The summed E-state index contributed by atoms with van der Waals surface area (Å²) in [7, 11) is -3.59. The predicted molar refractivity (Wildman–Crippen MR) is 94.6 cm³/mol. The van der Waals surface area contributed by atoms with Crippen molar-refractivity contribution in [1.82, 2.24) is 0 Å². The average Bonchev–Trinajstić information content (AvgIpc) is 2.51. The molecule has 0 unspecified atom stereocenters. The first-order chi connectivity index (χ1) is 11.3. The Balaban J connectivity index is 2.24. The Hall–Kier alpha value is -2.34. The number of carbonyl (C=O) groups is 1. The molecular weight excluding hydrogens is 326 g/mol. The molecule has 128 valence electrons. The molecule has 1 N–H and O–H groups in total. The highest BCUT2D eigenvalue weighted by molar-refractivity contribution is 7.91. The Morgan fingerprint density at radius 1 is 1.08 bits per heavy atom. The number of hydrogen-bond acceptors (Lipinski definition) is 4. The molecule has 0 saturated heterocycles. The quantitative estimate of drug-likeness (QED) is 0.813. The largest absolute Gasteiger partial charge is 0.462 e. The van der Waals surface area contributed by atoms with Gasteiger partial charge in [0.1, 0.15) is 0 Å². The summed E-state index contributed by atoms with van der Waals surface area (Å²) in [6, 6.07) is 12.2. The summed E-state index contributed by atoms with van der Waals surface area (Å²) in [6.45, 7) is 5.64. The maximum absolute atomic E-state index is 12.5. The molecule has 2 rings (SSSR count). The number of ether oxygens (including phenoxy) is 1. The summed E-state index contributed by atoms with van der Waals surface area (Å²) in [5.74, 6) is -0.597. The van der Waals surface area contributed by atoms with E-state index >= 15 is 0 Å². The number of anilines is 1. The minimum absolute atomic E-state index is 0.122. The smallest absolute Gasteiger partial charge is 0.338 e. The van der Waals surface area contributed by atoms with E-state index in [2.05, 4.69) is 4.72 Å². The lowest BCUT2D eigenvalue weighted by atomic mass is 10.1. The van der Waals surface area contributed by atoms with Gasteiger partial charge in [-0.25, -0.2) is 13.2 Å². The van der Waals surface area contributed by atoms with Crippen LogP contribution in [0.25, 0.3) is 0 Å². The van der Waals surface area contributed by atoms with Crippen LogP contribution >= 0.6 is 0 Å². The van der Waals surface area contributed by atoms with Crippen molar-refractivity contribution in [2.24, 2.45) is 0 Å². The van der Waals surface area contributed by atoms with Gasteiger partial charge in [-0.05, 0) is 49.6 Å². The molecule has 6 heteroatoms. The summed E-state index contributed by atoms with van der Waals surface area (Å²) in [5.41, 5.74) is 3.09. The number of rotatable bonds is 6. The third-order valence-corrected chi connectivity index (χ3v) is 4.84. The Labute approximate surface area is 142 Å². The van der Waals surface area contributed by atoms with Crippen molar-refractivity contribution >= 4 is 21.7 Å². The standard InChI is InChI=1S/C18H21NO4S/c1-4-23-18(20)15-10-9-14(3)17(11-15)19-24(21,22)12-16-8-6-5-7-13(16)2/h5-11,19H,4,12H2,1-3H3. The summed E-state index contributed by atoms with van der Waals surface area (Å²) >= 11 is 0. The van der Waals surface area contributed by atoms with E-state index in [1.165, 1.54) is 6.07 Å². The van der Waals surface area contributed by atoms with E-state index in [4.69, 9.17) is 4.74 Å². The molecule has 0 aliphatic carbocycles. The highest BCUT2D eigenvalue weighted by Crippen LogP contribution is 2.21. The van der Waals surface area contributed by atoms with Gasteiger partial charge in [-0.2, -0.15) is 0 Å². The van der Waals surface area contributed by atoms with E-state index in [0.717, 1.165) is 16.7 Å². The molecule has 0 amide bonds. The molecule has 2 aromatic carbocycles. The van der Waals surface area contributed by atoms with Gasteiger partial charge >= 0.3 is 5.97 Å². The topological polar surface area (TPSA) is 72.5 Å². The van der Waals surface area contributed by atoms with Gasteiger partial charge in [0, 0.05) is 0 Å². The summed E-state index contributed by atoms with van der Waals surface area (Å²) in [5, 5.41) is 0. The number of aryl methyl sites for hydroxylation is 2. The van der Waals surface area contributed by atoms with E-state index in [-0.39, 0.29) is 12.4 Å². The molecule has 0 spiro atoms. The molecule has 0 radical (unpaired) electrons. The zero-order valence-corrected chi connectivity index (χ0v) is 14.8. The fourth-order valence-electron chi connectivity index (χ4n) is 2.25. The molecule has 0 aliphatic heterocycles. The van der Waals surface area contributed by atoms with Gasteiger partial charge in [-0.3, -0.25) is 4.72 Å². The summed E-state index contributed by atoms with van der Waals surface area (Å²) < 4.78 is 32.4. The molecule has 0 aromatic heterocycles. The Morgan fingerprint density at radius 3 is 2.46 bits per heavy atom. The second kappa shape index (κ2) is 7.49. The van der Waals surface area contributed by atoms with Gasteiger partial charge in [0.15, 0.2) is 0 Å². The molecule has 0 atom stereocenters. The third kappa shape index (κ3) is 4.58. The normalized spacial score (nSPS) is 11.1. The van der Waals surface area contributed by atoms with Crippen molar-refractivity contribution in [3.05, 3.63) is 64.7 Å². The number of hydrogen-bond donors (Lipinski definition) is 1. The third-order valence-electron chi connectivity index (χ3n) is 3.62. The van der Waals surface area contributed by atoms with Gasteiger partial charge < -0.3 is 4.74 Å². The lowest BCUT2D eigenvalue weighted by molar-refractivity contribution is 0.0526. The summed E-state index contributed by atoms with van der Waals surface area (Å²) in [4.78, 5) is 11.8. The number of esters is 1. The molecule has 0 saturated carbocycles. The molecule has 24 heavy (non-hydrogen) atoms. The Morgan fingerprint density at radius 2 is 1.79 bits per heavy atom. The molecule has 5 nitrogen and oxygen atoms in total. The SMILES string of the molecule is CCOC(=O)c1ccc(C)c(NS(=O)(=O)Cc2ccccc2C)c1. The van der Waals surface area contributed by atoms with Crippen LogP contribution in [-0.2, 0) is 20.5 Å². The first-order valence-electron chi connectivity index (χ1n) is 7.65. The van der Waals surface area contributed by atoms with Crippen molar-refractivity contribution < 1.29 is 17.9 Å². The van der Waals surface area contributed by atoms with E-state index in [9.17, 15) is 13.2 Å². The van der Waals surface area contributed by atoms with E-state index in [1.807, 2.05) is 25.1 Å². The van der Waals surface area contributed by atoms with Crippen LogP contribution < -0.4 is 4.72 Å². The van der Waals surface area contributed by atoms with Crippen LogP contribution in [0.2, 0.25) is 0 Å². The van der Waals surface area contributed by atoms with Crippen LogP contribution in [0.1, 0.15) is 34.0 Å². The monoisotopic (exact) mass is 347 g/mol. The number of sulfonamides is 1. The Bertz CT molecular complexity index is 844. The number of carbonyl (C=O) groups excluding carboxylic acids is 1. The van der Waals surface area contributed by atoms with Crippen molar-refractivity contribution in [2.75, 3.05) is 11.3 Å². The van der Waals surface area contributed by atoms with Crippen LogP contribution in [-0.4, -0.2) is 21.0 Å². The lowest BCUT2D eigenvalue weighted by Gasteiger charge is -2.13. The first-order valence-corrected chi connectivity index (χ1v) is 9.30. The zero-order valence-electron chi connectivity index (χ0n) is 14.0. The zero-order chi connectivity index (χ0) is 17.7. The van der Waals surface area contributed by atoms with E-state index < -0.39 is 16.0 Å². The van der Waals surface area contributed by atoms with E-state index in [1.54, 1.807) is 32.0 Å². The molecular formula is C18H21NO4S. The van der Waals surface area contributed by atoms with Gasteiger partial charge in [-0.15, -0.1) is 0 Å². The van der Waals surface area contributed by atoms with Crippen LogP contribution in [0.4, 0.5) is 5.69 Å². The van der Waals surface area contributed by atoms with Crippen LogP contribution in [0.5, 0.6) is 0 Å². The maximum Gasteiger partial charge on any atom is 0.338 e. The van der Waals surface area contributed by atoms with Crippen LogP contribution in [0, 0.1) is 13.8 Å². The number of benzene rings is 2. The molecule has 0 bridgehead atoms. The fraction of sp³-hybridized carbons (Fsp3) is 0.278. The summed E-state index contributed by atoms with van der Waals surface area (Å²) in [6.07, 6.45) is 0. The predicted octanol–water partition coefficient (Wildman–Crippen LogP) is 3.42. The van der Waals surface area contributed by atoms with Crippen molar-refractivity contribution in [2.45, 2.75) is 26.5 Å². The van der Waals surface area contributed by atoms with Crippen molar-refractivity contribution in [3.8, 4) is 0 Å². The van der Waals surface area contributed by atoms with Gasteiger partial charge in [0.25, 0.3) is 0 Å². The van der Waals surface area contributed by atoms with Crippen LogP contribution in [0.3, 0.4) is 0 Å². The van der Waals surface area contributed by atoms with Crippen molar-refractivity contribution in [3.63, 3.8) is 0 Å². The highest BCUT2D eigenvalue weighted by Gasteiger charge is 2.16. The minimum Gasteiger partial charge on any atom is -0.462 e. The maximum atomic E-state index is 12.5. The molecule has 0 aliphatic rings. The minimum atomic E-state index is -3.59. The van der Waals surface area contributed by atoms with E-state index in [0.29, 0.717) is 11.3 Å². The molecule has 0 heterocycles. The second-order valence-electron chi connectivity index (χ2n) is 5.54. The van der Waals surface area contributed by atoms with Crippen molar-refractivity contribution in [1.29, 1.82) is 0 Å². The van der Waals surface area contributed by atoms with Crippen LogP contribution in [0.15, 0.2) is 42.5 Å². The molecule has 2 aromatic rings. The first kappa shape index (κ1) is 18.0.